The zero-order chi connectivity index (χ0) is 8.60. The Labute approximate surface area is 85.1 Å². The maximum absolute atomic E-state index is 11.3. The van der Waals surface area contributed by atoms with E-state index in [9.17, 15) is 4.79 Å². The predicted octanol–water partition coefficient (Wildman–Crippen LogP) is 0.544. The van der Waals surface area contributed by atoms with Crippen molar-refractivity contribution in [1.29, 1.82) is 0 Å². The Kier molecular flexibility index (Phi) is 3.19. The lowest BCUT2D eigenvalue weighted by Gasteiger charge is -2.22. The summed E-state index contributed by atoms with van der Waals surface area (Å²) in [5.74, 6) is 0.571. The third-order valence-electron chi connectivity index (χ3n) is 3.35. The number of amides is 1. The number of halogens is 1. The second kappa shape index (κ2) is 3.84. The summed E-state index contributed by atoms with van der Waals surface area (Å²) in [7, 11) is 1.73. The molecule has 2 N–H and O–H groups in total. The first kappa shape index (κ1) is 10.8. The molecule has 2 rings (SSSR count). The summed E-state index contributed by atoms with van der Waals surface area (Å²) < 4.78 is 0. The summed E-state index contributed by atoms with van der Waals surface area (Å²) in [6.07, 6.45) is 3.49. The van der Waals surface area contributed by atoms with Crippen LogP contribution in [0.15, 0.2) is 0 Å². The normalized spacial score (nSPS) is 29.2. The molecule has 2 aliphatic rings. The Hall–Kier alpha value is -0.280. The van der Waals surface area contributed by atoms with Crippen LogP contribution in [0.4, 0.5) is 0 Å². The first-order valence-electron chi connectivity index (χ1n) is 4.71. The van der Waals surface area contributed by atoms with Crippen LogP contribution in [-0.4, -0.2) is 26.0 Å². The molecule has 76 valence electrons. The maximum Gasteiger partial charge on any atom is 0.223 e. The van der Waals surface area contributed by atoms with Crippen molar-refractivity contribution < 1.29 is 4.79 Å². The molecule has 1 saturated heterocycles. The van der Waals surface area contributed by atoms with E-state index in [0.717, 1.165) is 19.5 Å². The molecular formula is C9H17ClN2O. The van der Waals surface area contributed by atoms with E-state index >= 15 is 0 Å². The van der Waals surface area contributed by atoms with Crippen molar-refractivity contribution in [2.24, 2.45) is 11.3 Å². The van der Waals surface area contributed by atoms with Crippen LogP contribution in [0.5, 0.6) is 0 Å². The molecule has 1 heterocycles. The number of nitrogens with one attached hydrogen (secondary N) is 2. The van der Waals surface area contributed by atoms with Crippen molar-refractivity contribution in [2.75, 3.05) is 20.1 Å². The highest BCUT2D eigenvalue weighted by Gasteiger charge is 2.57. The molecule has 2 fully saturated rings. The lowest BCUT2D eigenvalue weighted by molar-refractivity contribution is -0.122. The molecule has 1 saturated carbocycles. The predicted molar refractivity (Wildman–Crippen MR) is 54.0 cm³/mol. The van der Waals surface area contributed by atoms with Gasteiger partial charge in [-0.15, -0.1) is 12.4 Å². The molecule has 1 aliphatic heterocycles. The standard InChI is InChI=1S/C9H16N2O.ClH/c1-10-8(12)7-6-9(7)2-4-11-5-3-9;/h7,11H,2-6H2,1H3,(H,10,12);1H. The molecule has 0 aromatic heterocycles. The molecule has 1 unspecified atom stereocenters. The van der Waals surface area contributed by atoms with E-state index in [1.54, 1.807) is 7.05 Å². The van der Waals surface area contributed by atoms with Gasteiger partial charge in [-0.25, -0.2) is 0 Å². The van der Waals surface area contributed by atoms with Crippen molar-refractivity contribution in [3.05, 3.63) is 0 Å². The SMILES string of the molecule is CNC(=O)C1CC12CCNCC2.Cl. The molecule has 1 atom stereocenters. The second-order valence-electron chi connectivity index (χ2n) is 3.98. The third-order valence-corrected chi connectivity index (χ3v) is 3.35. The summed E-state index contributed by atoms with van der Waals surface area (Å²) in [5, 5.41) is 6.07. The van der Waals surface area contributed by atoms with E-state index in [4.69, 9.17) is 0 Å². The van der Waals surface area contributed by atoms with Gasteiger partial charge in [0.1, 0.15) is 0 Å². The largest absolute Gasteiger partial charge is 0.359 e. The van der Waals surface area contributed by atoms with Crippen molar-refractivity contribution in [1.82, 2.24) is 10.6 Å². The molecule has 1 aliphatic carbocycles. The molecule has 4 heteroatoms. The van der Waals surface area contributed by atoms with Gasteiger partial charge in [0.05, 0.1) is 0 Å². The molecule has 0 bridgehead atoms. The van der Waals surface area contributed by atoms with Gasteiger partial charge in [-0.1, -0.05) is 0 Å². The van der Waals surface area contributed by atoms with Crippen LogP contribution >= 0.6 is 12.4 Å². The zero-order valence-electron chi connectivity index (χ0n) is 7.93. The molecule has 1 spiro atoms. The van der Waals surface area contributed by atoms with E-state index < -0.39 is 0 Å². The van der Waals surface area contributed by atoms with Gasteiger partial charge in [0.25, 0.3) is 0 Å². The first-order valence-corrected chi connectivity index (χ1v) is 4.71. The Balaban J connectivity index is 0.000000845. The first-order chi connectivity index (χ1) is 5.78. The molecular weight excluding hydrogens is 188 g/mol. The molecule has 0 aromatic carbocycles. The van der Waals surface area contributed by atoms with Crippen LogP contribution in [0.3, 0.4) is 0 Å². The smallest absolute Gasteiger partial charge is 0.223 e. The number of hydrogen-bond donors (Lipinski definition) is 2. The highest BCUT2D eigenvalue weighted by Crippen LogP contribution is 2.58. The van der Waals surface area contributed by atoms with Gasteiger partial charge in [0.15, 0.2) is 0 Å². The van der Waals surface area contributed by atoms with Crippen LogP contribution in [-0.2, 0) is 4.79 Å². The zero-order valence-corrected chi connectivity index (χ0v) is 8.75. The van der Waals surface area contributed by atoms with Crippen molar-refractivity contribution >= 4 is 18.3 Å². The van der Waals surface area contributed by atoms with Gasteiger partial charge in [-0.2, -0.15) is 0 Å². The average Bonchev–Trinajstić information content (AvgIpc) is 2.80. The lowest BCUT2D eigenvalue weighted by atomic mass is 9.92. The average molecular weight is 205 g/mol. The van der Waals surface area contributed by atoms with Gasteiger partial charge < -0.3 is 10.6 Å². The molecule has 1 amide bonds. The highest BCUT2D eigenvalue weighted by molar-refractivity contribution is 5.85. The lowest BCUT2D eigenvalue weighted by Crippen LogP contribution is -2.32. The van der Waals surface area contributed by atoms with Gasteiger partial charge in [-0.05, 0) is 37.8 Å². The minimum Gasteiger partial charge on any atom is -0.359 e. The van der Waals surface area contributed by atoms with E-state index in [0.29, 0.717) is 11.3 Å². The van der Waals surface area contributed by atoms with E-state index in [1.807, 2.05) is 0 Å². The van der Waals surface area contributed by atoms with E-state index in [-0.39, 0.29) is 18.3 Å². The Morgan fingerprint density at radius 2 is 2.08 bits per heavy atom. The third kappa shape index (κ3) is 1.81. The Morgan fingerprint density at radius 1 is 1.46 bits per heavy atom. The van der Waals surface area contributed by atoms with Gasteiger partial charge in [-0.3, -0.25) is 4.79 Å². The molecule has 3 nitrogen and oxygen atoms in total. The summed E-state index contributed by atoms with van der Waals surface area (Å²) in [5.41, 5.74) is 0.394. The van der Waals surface area contributed by atoms with Crippen molar-refractivity contribution in [3.63, 3.8) is 0 Å². The molecule has 13 heavy (non-hydrogen) atoms. The monoisotopic (exact) mass is 204 g/mol. The van der Waals surface area contributed by atoms with Crippen LogP contribution in [0.1, 0.15) is 19.3 Å². The fraction of sp³-hybridized carbons (Fsp3) is 0.889. The number of rotatable bonds is 1. The van der Waals surface area contributed by atoms with Gasteiger partial charge in [0.2, 0.25) is 5.91 Å². The van der Waals surface area contributed by atoms with Crippen LogP contribution in [0, 0.1) is 11.3 Å². The fourth-order valence-electron chi connectivity index (χ4n) is 2.37. The molecule has 0 radical (unpaired) electrons. The summed E-state index contributed by atoms with van der Waals surface area (Å²) >= 11 is 0. The van der Waals surface area contributed by atoms with E-state index in [2.05, 4.69) is 10.6 Å². The number of hydrogen-bond acceptors (Lipinski definition) is 2. The van der Waals surface area contributed by atoms with E-state index in [1.165, 1.54) is 12.8 Å². The second-order valence-corrected chi connectivity index (χ2v) is 3.98. The Bertz CT molecular complexity index is 202. The summed E-state index contributed by atoms with van der Waals surface area (Å²) in [6.45, 7) is 2.18. The van der Waals surface area contributed by atoms with Crippen LogP contribution in [0.25, 0.3) is 0 Å². The summed E-state index contributed by atoms with van der Waals surface area (Å²) in [6, 6.07) is 0. The maximum atomic E-state index is 11.3. The van der Waals surface area contributed by atoms with Crippen LogP contribution < -0.4 is 10.6 Å². The van der Waals surface area contributed by atoms with Gasteiger partial charge >= 0.3 is 0 Å². The topological polar surface area (TPSA) is 41.1 Å². The van der Waals surface area contributed by atoms with Crippen LogP contribution in [0.2, 0.25) is 0 Å². The molecule has 0 aromatic rings. The number of piperidine rings is 1. The fourth-order valence-corrected chi connectivity index (χ4v) is 2.37. The van der Waals surface area contributed by atoms with Gasteiger partial charge in [0, 0.05) is 13.0 Å². The highest BCUT2D eigenvalue weighted by atomic mass is 35.5. The van der Waals surface area contributed by atoms with Crippen molar-refractivity contribution in [3.8, 4) is 0 Å². The minimum atomic E-state index is 0. The quantitative estimate of drug-likeness (QED) is 0.655. The van der Waals surface area contributed by atoms with Crippen molar-refractivity contribution in [2.45, 2.75) is 19.3 Å². The summed E-state index contributed by atoms with van der Waals surface area (Å²) in [4.78, 5) is 11.3. The number of carbonyl (C=O) groups is 1. The number of carbonyl (C=O) groups excluding carboxylic acids is 1. The minimum absolute atomic E-state index is 0. The Morgan fingerprint density at radius 3 is 2.62 bits per heavy atom.